The number of anilines is 1. The number of hydrogen-bond donors (Lipinski definition) is 1. The van der Waals surface area contributed by atoms with E-state index in [0.717, 1.165) is 11.0 Å². The predicted octanol–water partition coefficient (Wildman–Crippen LogP) is 6.04. The molecule has 0 radical (unpaired) electrons. The van der Waals surface area contributed by atoms with Crippen LogP contribution in [0, 0.1) is 17.0 Å². The summed E-state index contributed by atoms with van der Waals surface area (Å²) in [7, 11) is 1.24. The summed E-state index contributed by atoms with van der Waals surface area (Å²) in [6.45, 7) is 1.65. The molecule has 1 fully saturated rings. The number of amides is 4. The number of nitrogens with zero attached hydrogens (tertiary/aromatic N) is 2. The molecule has 0 spiro atoms. The van der Waals surface area contributed by atoms with Crippen molar-refractivity contribution in [2.45, 2.75) is 13.1 Å². The van der Waals surface area contributed by atoms with Crippen molar-refractivity contribution >= 4 is 46.9 Å². The van der Waals surface area contributed by atoms with Crippen molar-refractivity contribution in [1.29, 1.82) is 0 Å². The molecule has 0 unspecified atom stereocenters. The molecular formula is C26H17ClF3N3O7. The van der Waals surface area contributed by atoms with E-state index in [-0.39, 0.29) is 27.8 Å². The molecule has 0 aliphatic carbocycles. The molecule has 40 heavy (non-hydrogen) atoms. The molecule has 0 saturated carbocycles. The first kappa shape index (κ1) is 28.1. The van der Waals surface area contributed by atoms with Gasteiger partial charge in [0.2, 0.25) is 5.75 Å². The number of nitro benzene ring substituents is 1. The van der Waals surface area contributed by atoms with Gasteiger partial charge in [0, 0.05) is 11.1 Å². The molecule has 1 N–H and O–H groups in total. The van der Waals surface area contributed by atoms with E-state index in [1.54, 1.807) is 19.1 Å². The number of benzene rings is 3. The normalized spacial score (nSPS) is 14.8. The number of carbonyl (C=O) groups excluding carboxylic acids is 3. The van der Waals surface area contributed by atoms with E-state index in [1.807, 2.05) is 0 Å². The lowest BCUT2D eigenvalue weighted by molar-refractivity contribution is -0.385. The SMILES string of the molecule is COc1cc(/C=C2\C(=O)NC(=O)N(c3cc(Cl)ccc3C)C2=O)ccc1Oc1ccc(C(F)(F)F)cc1[N+](=O)[O-]. The van der Waals surface area contributed by atoms with E-state index >= 15 is 0 Å². The van der Waals surface area contributed by atoms with Gasteiger partial charge >= 0.3 is 17.9 Å². The molecule has 4 amide bonds. The third kappa shape index (κ3) is 5.59. The Morgan fingerprint density at radius 3 is 2.35 bits per heavy atom. The molecule has 0 atom stereocenters. The summed E-state index contributed by atoms with van der Waals surface area (Å²) >= 11 is 6.02. The van der Waals surface area contributed by atoms with Crippen LogP contribution < -0.4 is 19.7 Å². The minimum absolute atomic E-state index is 0.0224. The van der Waals surface area contributed by atoms with Crippen molar-refractivity contribution in [2.24, 2.45) is 0 Å². The lowest BCUT2D eigenvalue weighted by Crippen LogP contribution is -2.54. The Balaban J connectivity index is 1.69. The van der Waals surface area contributed by atoms with Gasteiger partial charge in [-0.15, -0.1) is 0 Å². The number of hydrogen-bond acceptors (Lipinski definition) is 7. The van der Waals surface area contributed by atoms with Gasteiger partial charge in [0.25, 0.3) is 11.8 Å². The second kappa shape index (κ2) is 10.7. The average molecular weight is 576 g/mol. The van der Waals surface area contributed by atoms with Crippen LogP contribution in [0.1, 0.15) is 16.7 Å². The Morgan fingerprint density at radius 1 is 1.00 bits per heavy atom. The molecule has 1 aliphatic rings. The number of aryl methyl sites for hydroxylation is 1. The van der Waals surface area contributed by atoms with Crippen molar-refractivity contribution in [3.05, 3.63) is 92.0 Å². The van der Waals surface area contributed by atoms with E-state index in [9.17, 15) is 37.7 Å². The van der Waals surface area contributed by atoms with Crippen LogP contribution in [0.4, 0.5) is 29.3 Å². The summed E-state index contributed by atoms with van der Waals surface area (Å²) in [5.41, 5.74) is -1.59. The number of halogens is 4. The molecule has 3 aromatic carbocycles. The van der Waals surface area contributed by atoms with E-state index in [0.29, 0.717) is 17.7 Å². The van der Waals surface area contributed by atoms with Gasteiger partial charge in [-0.3, -0.25) is 25.0 Å². The minimum Gasteiger partial charge on any atom is -0.493 e. The maximum atomic E-state index is 13.2. The highest BCUT2D eigenvalue weighted by Crippen LogP contribution is 2.40. The van der Waals surface area contributed by atoms with E-state index < -0.39 is 51.5 Å². The molecule has 14 heteroatoms. The highest BCUT2D eigenvalue weighted by Gasteiger charge is 2.38. The van der Waals surface area contributed by atoms with Gasteiger partial charge in [-0.05, 0) is 60.5 Å². The molecule has 206 valence electrons. The van der Waals surface area contributed by atoms with E-state index in [2.05, 4.69) is 5.32 Å². The third-order valence-electron chi connectivity index (χ3n) is 5.72. The van der Waals surface area contributed by atoms with Gasteiger partial charge in [0.15, 0.2) is 11.5 Å². The van der Waals surface area contributed by atoms with Crippen molar-refractivity contribution < 1.29 is 42.0 Å². The maximum Gasteiger partial charge on any atom is 0.416 e. The van der Waals surface area contributed by atoms with Crippen molar-refractivity contribution in [3.63, 3.8) is 0 Å². The van der Waals surface area contributed by atoms with Gasteiger partial charge in [0.05, 0.1) is 23.3 Å². The molecule has 3 aromatic rings. The van der Waals surface area contributed by atoms with Crippen LogP contribution in [0.5, 0.6) is 17.2 Å². The second-order valence-corrected chi connectivity index (χ2v) is 8.77. The number of rotatable bonds is 6. The van der Waals surface area contributed by atoms with Gasteiger partial charge in [-0.1, -0.05) is 23.7 Å². The summed E-state index contributed by atoms with van der Waals surface area (Å²) in [5, 5.41) is 13.7. The predicted molar refractivity (Wildman–Crippen MR) is 136 cm³/mol. The topological polar surface area (TPSA) is 128 Å². The van der Waals surface area contributed by atoms with Gasteiger partial charge in [-0.2, -0.15) is 13.2 Å². The van der Waals surface area contributed by atoms with Crippen LogP contribution >= 0.6 is 11.6 Å². The summed E-state index contributed by atoms with van der Waals surface area (Å²) in [6.07, 6.45) is -3.62. The number of alkyl halides is 3. The van der Waals surface area contributed by atoms with E-state index in [4.69, 9.17) is 21.1 Å². The number of carbonyl (C=O) groups is 3. The fourth-order valence-electron chi connectivity index (χ4n) is 3.77. The van der Waals surface area contributed by atoms with Crippen molar-refractivity contribution in [2.75, 3.05) is 12.0 Å². The summed E-state index contributed by atoms with van der Waals surface area (Å²) < 4.78 is 49.8. The molecule has 0 aromatic heterocycles. The van der Waals surface area contributed by atoms with Crippen LogP contribution in [0.3, 0.4) is 0 Å². The number of imide groups is 2. The van der Waals surface area contributed by atoms with Crippen molar-refractivity contribution in [1.82, 2.24) is 5.32 Å². The molecule has 10 nitrogen and oxygen atoms in total. The van der Waals surface area contributed by atoms with Gasteiger partial charge in [-0.25, -0.2) is 9.69 Å². The molecule has 4 rings (SSSR count). The number of nitrogens with one attached hydrogen (secondary N) is 1. The largest absolute Gasteiger partial charge is 0.493 e. The van der Waals surface area contributed by atoms with Gasteiger partial charge in [0.1, 0.15) is 5.57 Å². The summed E-state index contributed by atoms with van der Waals surface area (Å²) in [6, 6.07) is 9.38. The molecule has 0 bridgehead atoms. The zero-order chi connectivity index (χ0) is 29.4. The summed E-state index contributed by atoms with van der Waals surface area (Å²) in [4.78, 5) is 49.4. The monoisotopic (exact) mass is 575 g/mol. The number of ether oxygens (including phenoxy) is 2. The van der Waals surface area contributed by atoms with Gasteiger partial charge < -0.3 is 9.47 Å². The van der Waals surface area contributed by atoms with Crippen LogP contribution in [-0.2, 0) is 15.8 Å². The Bertz CT molecular complexity index is 1600. The standard InChI is InChI=1S/C26H17ClF3N3O7/c1-13-3-6-16(27)12-18(13)32-24(35)17(23(34)31-25(32)36)9-14-4-7-21(22(10-14)39-2)40-20-8-5-15(26(28,29)30)11-19(20)33(37)38/h3-12H,1-2H3,(H,31,34,36)/b17-9+. The first-order chi connectivity index (χ1) is 18.8. The molecule has 1 saturated heterocycles. The highest BCUT2D eigenvalue weighted by atomic mass is 35.5. The molecular weight excluding hydrogens is 559 g/mol. The fourth-order valence-corrected chi connectivity index (χ4v) is 3.93. The molecule has 1 heterocycles. The highest BCUT2D eigenvalue weighted by molar-refractivity contribution is 6.39. The van der Waals surface area contributed by atoms with Crippen LogP contribution in [0.15, 0.2) is 60.2 Å². The third-order valence-corrected chi connectivity index (χ3v) is 5.95. The maximum absolute atomic E-state index is 13.2. The smallest absolute Gasteiger partial charge is 0.416 e. The minimum atomic E-state index is -4.80. The van der Waals surface area contributed by atoms with Crippen LogP contribution in [0.25, 0.3) is 6.08 Å². The Labute approximate surface area is 228 Å². The zero-order valence-corrected chi connectivity index (χ0v) is 21.3. The fraction of sp³-hybridized carbons (Fsp3) is 0.115. The first-order valence-corrected chi connectivity index (χ1v) is 11.6. The number of urea groups is 1. The second-order valence-electron chi connectivity index (χ2n) is 8.34. The summed E-state index contributed by atoms with van der Waals surface area (Å²) in [5.74, 6) is -2.47. The quantitative estimate of drug-likeness (QED) is 0.164. The molecule has 1 aliphatic heterocycles. The van der Waals surface area contributed by atoms with Crippen LogP contribution in [-0.4, -0.2) is 29.9 Å². The van der Waals surface area contributed by atoms with Crippen LogP contribution in [0.2, 0.25) is 5.02 Å². The zero-order valence-electron chi connectivity index (χ0n) is 20.5. The first-order valence-electron chi connectivity index (χ1n) is 11.2. The number of methoxy groups -OCH3 is 1. The van der Waals surface area contributed by atoms with Crippen molar-refractivity contribution in [3.8, 4) is 17.2 Å². The number of nitro groups is 1. The lowest BCUT2D eigenvalue weighted by atomic mass is 10.1. The number of barbiturate groups is 1. The Morgan fingerprint density at radius 2 is 1.70 bits per heavy atom. The van der Waals surface area contributed by atoms with E-state index in [1.165, 1.54) is 37.5 Å². The Hall–Kier alpha value is -4.91. The Kier molecular flexibility index (Phi) is 7.51. The lowest BCUT2D eigenvalue weighted by Gasteiger charge is -2.27. The average Bonchev–Trinajstić information content (AvgIpc) is 2.88.